The normalized spacial score (nSPS) is 12.7. The number of hydrogen-bond donors (Lipinski definition) is 1. The number of hydrogen-bond acceptors (Lipinski definition) is 1. The molecular formula is C39H52O2Si2. The van der Waals surface area contributed by atoms with Crippen molar-refractivity contribution < 1.29 is 9.90 Å². The van der Waals surface area contributed by atoms with Crippen LogP contribution in [0.3, 0.4) is 0 Å². The van der Waals surface area contributed by atoms with Crippen molar-refractivity contribution >= 4 is 49.7 Å². The predicted octanol–water partition coefficient (Wildman–Crippen LogP) is 11.2. The molecule has 0 atom stereocenters. The van der Waals surface area contributed by atoms with E-state index in [-0.39, 0.29) is 0 Å². The van der Waals surface area contributed by atoms with Gasteiger partial charge in [0.2, 0.25) is 0 Å². The number of benzene rings is 3. The summed E-state index contributed by atoms with van der Waals surface area (Å²) < 4.78 is 0. The Morgan fingerprint density at radius 3 is 1.67 bits per heavy atom. The van der Waals surface area contributed by atoms with E-state index in [1.165, 1.54) is 6.08 Å². The second-order valence-electron chi connectivity index (χ2n) is 14.1. The van der Waals surface area contributed by atoms with E-state index in [0.29, 0.717) is 33.2 Å². The maximum atomic E-state index is 11.2. The molecule has 2 nitrogen and oxygen atoms in total. The largest absolute Gasteiger partial charge is 0.478 e. The molecule has 3 rings (SSSR count). The first-order chi connectivity index (χ1) is 20.1. The van der Waals surface area contributed by atoms with Crippen molar-refractivity contribution in [3.8, 4) is 22.9 Å². The summed E-state index contributed by atoms with van der Waals surface area (Å²) in [5, 5.41) is 13.6. The van der Waals surface area contributed by atoms with Crippen molar-refractivity contribution in [1.82, 2.24) is 0 Å². The van der Waals surface area contributed by atoms with Crippen LogP contribution in [0.4, 0.5) is 0 Å². The highest BCUT2D eigenvalue weighted by molar-refractivity contribution is 6.91. The van der Waals surface area contributed by atoms with Crippen molar-refractivity contribution in [2.45, 2.75) is 116 Å². The average Bonchev–Trinajstić information content (AvgIpc) is 2.90. The Kier molecular flexibility index (Phi) is 11.0. The fourth-order valence-corrected chi connectivity index (χ4v) is 18.3. The summed E-state index contributed by atoms with van der Waals surface area (Å²) in [6.45, 7) is 28.3. The number of carboxylic acids is 1. The minimum Gasteiger partial charge on any atom is -0.478 e. The number of rotatable bonds is 8. The third-order valence-electron chi connectivity index (χ3n) is 9.97. The molecule has 1 N–H and O–H groups in total. The summed E-state index contributed by atoms with van der Waals surface area (Å²) in [5.41, 5.74) is 14.2. The van der Waals surface area contributed by atoms with Gasteiger partial charge in [-0.3, -0.25) is 0 Å². The van der Waals surface area contributed by atoms with Gasteiger partial charge in [-0.15, -0.1) is 11.1 Å². The van der Waals surface area contributed by atoms with Crippen molar-refractivity contribution in [2.24, 2.45) is 0 Å². The number of carboxylic acid groups (broad SMARTS) is 1. The van der Waals surface area contributed by atoms with Crippen LogP contribution in [0.1, 0.15) is 99.8 Å². The molecule has 0 aliphatic rings. The van der Waals surface area contributed by atoms with Gasteiger partial charge in [-0.1, -0.05) is 119 Å². The molecule has 0 spiro atoms. The Labute approximate surface area is 263 Å². The number of fused-ring (bicyclic) bond motifs is 2. The van der Waals surface area contributed by atoms with Gasteiger partial charge in [-0.25, -0.2) is 4.79 Å². The minimum absolute atomic E-state index is 0.531. The van der Waals surface area contributed by atoms with E-state index >= 15 is 0 Å². The second kappa shape index (κ2) is 13.7. The average molecular weight is 609 g/mol. The molecule has 4 heteroatoms. The smallest absolute Gasteiger partial charge is 0.328 e. The molecule has 0 fully saturated rings. The lowest BCUT2D eigenvalue weighted by Crippen LogP contribution is -2.43. The minimum atomic E-state index is -2.00. The van der Waals surface area contributed by atoms with Gasteiger partial charge in [0.25, 0.3) is 0 Å². The summed E-state index contributed by atoms with van der Waals surface area (Å²) >= 11 is 0. The molecule has 0 radical (unpaired) electrons. The van der Waals surface area contributed by atoms with E-state index in [0.717, 1.165) is 38.2 Å². The summed E-state index contributed by atoms with van der Waals surface area (Å²) in [6, 6.07) is 14.9. The van der Waals surface area contributed by atoms with Crippen LogP contribution >= 0.6 is 0 Å². The summed E-state index contributed by atoms with van der Waals surface area (Å²) in [6.07, 6.45) is 2.85. The van der Waals surface area contributed by atoms with E-state index in [1.807, 2.05) is 6.07 Å². The Balaban J connectivity index is 2.50. The third-order valence-corrected chi connectivity index (χ3v) is 22.6. The van der Waals surface area contributed by atoms with E-state index in [1.54, 1.807) is 6.08 Å². The van der Waals surface area contributed by atoms with Crippen LogP contribution in [0.25, 0.3) is 27.6 Å². The van der Waals surface area contributed by atoms with Crippen LogP contribution in [0.5, 0.6) is 0 Å². The van der Waals surface area contributed by atoms with Crippen molar-refractivity contribution in [2.75, 3.05) is 0 Å². The van der Waals surface area contributed by atoms with Crippen molar-refractivity contribution in [3.63, 3.8) is 0 Å². The first-order valence-electron chi connectivity index (χ1n) is 16.1. The molecule has 0 aliphatic carbocycles. The van der Waals surface area contributed by atoms with Crippen LogP contribution in [0, 0.1) is 22.9 Å². The van der Waals surface area contributed by atoms with Gasteiger partial charge in [0.05, 0.1) is 0 Å². The Morgan fingerprint density at radius 1 is 0.674 bits per heavy atom. The summed E-state index contributed by atoms with van der Waals surface area (Å²) in [5.74, 6) is 6.65. The Hall–Kier alpha value is -3.06. The molecule has 0 heterocycles. The van der Waals surface area contributed by atoms with Gasteiger partial charge in [-0.05, 0) is 79.2 Å². The molecule has 0 unspecified atom stereocenters. The van der Waals surface area contributed by atoms with E-state index in [4.69, 9.17) is 0 Å². The molecule has 0 bridgehead atoms. The molecule has 0 saturated carbocycles. The van der Waals surface area contributed by atoms with Gasteiger partial charge >= 0.3 is 5.97 Å². The zero-order chi connectivity index (χ0) is 32.3. The van der Waals surface area contributed by atoms with E-state index < -0.39 is 22.1 Å². The fraction of sp³-hybridized carbons (Fsp3) is 0.462. The molecule has 43 heavy (non-hydrogen) atoms. The van der Waals surface area contributed by atoms with Gasteiger partial charge in [-0.2, -0.15) is 0 Å². The topological polar surface area (TPSA) is 37.3 Å². The predicted molar refractivity (Wildman–Crippen MR) is 194 cm³/mol. The fourth-order valence-electron chi connectivity index (χ4n) is 7.92. The molecule has 0 aliphatic heterocycles. The highest BCUT2D eigenvalue weighted by Gasteiger charge is 2.42. The molecule has 0 amide bonds. The Morgan fingerprint density at radius 2 is 1.19 bits per heavy atom. The standard InChI is InChI=1S/C39H52O2Si2/c1-26(2)42(27(3)4,28(5)6)22-20-33-14-13-15-34-25-35-24-32(17-19-38(40)41)16-18-36(35)37(39(33)34)21-23-43(29(7)8,30(9)10)31(11)12/h13-19,24-31H,1-12H3,(H,40,41). The SMILES string of the molecule is CC(C)[Si](C#Cc1cccc2cc3cc(C=CC(=O)O)ccc3c(C#C[Si](C(C)C)(C(C)C)C(C)C)c12)(C(C)C)C(C)C. The molecular weight excluding hydrogens is 557 g/mol. The highest BCUT2D eigenvalue weighted by atomic mass is 28.3. The van der Waals surface area contributed by atoms with E-state index in [9.17, 15) is 9.90 Å². The van der Waals surface area contributed by atoms with Gasteiger partial charge < -0.3 is 5.11 Å². The summed E-state index contributed by atoms with van der Waals surface area (Å²) in [4.78, 5) is 11.2. The lowest BCUT2D eigenvalue weighted by Gasteiger charge is -2.38. The lowest BCUT2D eigenvalue weighted by molar-refractivity contribution is -0.131. The number of aliphatic carboxylic acids is 1. The molecule has 3 aromatic carbocycles. The van der Waals surface area contributed by atoms with E-state index in [2.05, 4.69) is 142 Å². The molecule has 3 aromatic rings. The van der Waals surface area contributed by atoms with Gasteiger partial charge in [0.1, 0.15) is 16.1 Å². The number of carbonyl (C=O) groups is 1. The van der Waals surface area contributed by atoms with Gasteiger partial charge in [0.15, 0.2) is 0 Å². The van der Waals surface area contributed by atoms with Crippen LogP contribution < -0.4 is 0 Å². The quantitative estimate of drug-likeness (QED) is 0.120. The zero-order valence-corrected chi connectivity index (χ0v) is 30.5. The van der Waals surface area contributed by atoms with Crippen LogP contribution in [0.2, 0.25) is 33.2 Å². The van der Waals surface area contributed by atoms with Crippen LogP contribution in [-0.4, -0.2) is 27.2 Å². The monoisotopic (exact) mass is 608 g/mol. The lowest BCUT2D eigenvalue weighted by atomic mass is 9.93. The molecule has 228 valence electrons. The highest BCUT2D eigenvalue weighted by Crippen LogP contribution is 2.42. The Bertz CT molecular complexity index is 1590. The van der Waals surface area contributed by atoms with Crippen molar-refractivity contribution in [3.05, 3.63) is 65.2 Å². The first-order valence-corrected chi connectivity index (χ1v) is 20.5. The van der Waals surface area contributed by atoms with Crippen LogP contribution in [-0.2, 0) is 4.79 Å². The molecule has 0 aromatic heterocycles. The first kappa shape index (κ1) is 34.4. The maximum absolute atomic E-state index is 11.2. The second-order valence-corrected chi connectivity index (χ2v) is 25.3. The zero-order valence-electron chi connectivity index (χ0n) is 28.5. The van der Waals surface area contributed by atoms with Crippen LogP contribution in [0.15, 0.2) is 48.5 Å². The maximum Gasteiger partial charge on any atom is 0.328 e. The summed E-state index contributed by atoms with van der Waals surface area (Å²) in [7, 11) is -3.93. The third kappa shape index (κ3) is 6.72. The van der Waals surface area contributed by atoms with Gasteiger partial charge in [0, 0.05) is 22.6 Å². The molecule has 0 saturated heterocycles. The van der Waals surface area contributed by atoms with Crippen molar-refractivity contribution in [1.29, 1.82) is 0 Å².